The van der Waals surface area contributed by atoms with E-state index >= 15 is 0 Å². The zero-order valence-electron chi connectivity index (χ0n) is 11.6. The number of H-pyrrole nitrogens is 3. The Morgan fingerprint density at radius 2 is 1.52 bits per heavy atom. The lowest BCUT2D eigenvalue weighted by atomic mass is 10.2. The molecule has 0 aliphatic heterocycles. The molecule has 0 spiro atoms. The Balaban J connectivity index is 2.10. The number of fused-ring (bicyclic) bond motifs is 2. The number of hydrogen-bond acceptors (Lipinski definition) is 5. The summed E-state index contributed by atoms with van der Waals surface area (Å²) in [5.41, 5.74) is -0.710. The van der Waals surface area contributed by atoms with E-state index < -0.39 is 16.8 Å². The van der Waals surface area contributed by atoms with Gasteiger partial charge in [0.15, 0.2) is 5.65 Å². The van der Waals surface area contributed by atoms with E-state index in [1.807, 2.05) is 18.2 Å². The van der Waals surface area contributed by atoms with Gasteiger partial charge in [-0.15, -0.1) is 0 Å². The first-order valence-corrected chi connectivity index (χ1v) is 6.74. The molecule has 3 N–H and O–H groups in total. The van der Waals surface area contributed by atoms with Crippen LogP contribution in [0, 0.1) is 0 Å². The van der Waals surface area contributed by atoms with Crippen LogP contribution in [-0.2, 0) is 0 Å². The summed E-state index contributed by atoms with van der Waals surface area (Å²) < 4.78 is 0. The maximum Gasteiger partial charge on any atom is 0.327 e. The van der Waals surface area contributed by atoms with Gasteiger partial charge in [0.1, 0.15) is 11.5 Å². The van der Waals surface area contributed by atoms with Crippen molar-refractivity contribution in [3.8, 4) is 11.4 Å². The lowest BCUT2D eigenvalue weighted by Gasteiger charge is -2.03. The minimum Gasteiger partial charge on any atom is -0.306 e. The van der Waals surface area contributed by atoms with Gasteiger partial charge in [0.05, 0.1) is 10.8 Å². The molecule has 3 heterocycles. The van der Waals surface area contributed by atoms with Gasteiger partial charge >= 0.3 is 5.69 Å². The zero-order valence-corrected chi connectivity index (χ0v) is 11.6. The Morgan fingerprint density at radius 1 is 0.783 bits per heavy atom. The molecule has 1 aromatic carbocycles. The average molecular weight is 307 g/mol. The maximum atomic E-state index is 12.3. The number of benzene rings is 1. The van der Waals surface area contributed by atoms with Crippen molar-refractivity contribution in [2.24, 2.45) is 0 Å². The molecular formula is C15H9N5O3. The van der Waals surface area contributed by atoms with Crippen LogP contribution in [0.4, 0.5) is 0 Å². The van der Waals surface area contributed by atoms with Gasteiger partial charge in [-0.05, 0) is 6.07 Å². The molecule has 0 saturated heterocycles. The molecule has 0 aliphatic rings. The van der Waals surface area contributed by atoms with Gasteiger partial charge in [0.2, 0.25) is 0 Å². The van der Waals surface area contributed by atoms with Crippen molar-refractivity contribution in [3.63, 3.8) is 0 Å². The molecule has 0 fully saturated rings. The first-order valence-electron chi connectivity index (χ1n) is 6.74. The number of nitrogens with one attached hydrogen (secondary N) is 3. The summed E-state index contributed by atoms with van der Waals surface area (Å²) in [5.74, 6) is 0.363. The molecule has 8 heteroatoms. The maximum absolute atomic E-state index is 12.3. The molecule has 0 radical (unpaired) electrons. The van der Waals surface area contributed by atoms with Gasteiger partial charge < -0.3 is 4.98 Å². The zero-order chi connectivity index (χ0) is 16.0. The summed E-state index contributed by atoms with van der Waals surface area (Å²) in [6.07, 6.45) is 0. The van der Waals surface area contributed by atoms with Crippen molar-refractivity contribution in [1.29, 1.82) is 0 Å². The summed E-state index contributed by atoms with van der Waals surface area (Å²) in [5, 5.41) is 0.298. The van der Waals surface area contributed by atoms with E-state index in [2.05, 4.69) is 24.9 Å². The van der Waals surface area contributed by atoms with E-state index in [-0.39, 0.29) is 22.1 Å². The second-order valence-electron chi connectivity index (χ2n) is 4.94. The summed E-state index contributed by atoms with van der Waals surface area (Å²) in [6.45, 7) is 0. The summed E-state index contributed by atoms with van der Waals surface area (Å²) >= 11 is 0. The molecule has 0 saturated carbocycles. The first-order chi connectivity index (χ1) is 11.1. The Hall–Kier alpha value is -3.55. The van der Waals surface area contributed by atoms with Crippen LogP contribution in [0.2, 0.25) is 0 Å². The molecule has 4 aromatic rings. The van der Waals surface area contributed by atoms with Crippen molar-refractivity contribution in [2.45, 2.75) is 0 Å². The third-order valence-electron chi connectivity index (χ3n) is 3.45. The van der Waals surface area contributed by atoms with Crippen molar-refractivity contribution in [2.75, 3.05) is 0 Å². The molecule has 0 amide bonds. The van der Waals surface area contributed by atoms with E-state index in [9.17, 15) is 14.4 Å². The molecule has 0 aliphatic carbocycles. The highest BCUT2D eigenvalue weighted by Gasteiger charge is 2.11. The second kappa shape index (κ2) is 4.73. The van der Waals surface area contributed by atoms with Crippen LogP contribution >= 0.6 is 0 Å². The van der Waals surface area contributed by atoms with Crippen LogP contribution in [0.15, 0.2) is 50.8 Å². The number of aromatic amines is 3. The Labute approximate surface area is 126 Å². The van der Waals surface area contributed by atoms with Crippen LogP contribution in [0.25, 0.3) is 33.5 Å². The Morgan fingerprint density at radius 3 is 2.30 bits per heavy atom. The normalized spacial score (nSPS) is 11.1. The fourth-order valence-electron chi connectivity index (χ4n) is 2.37. The standard InChI is InChI=1S/C15H9N5O3/c21-13-8-6-9-12(19-15(23)20-14(9)22)17-11(8)16-10(18-13)7-4-2-1-3-5-7/h1-6H,(H3,16,17,18,19,20,21,22,23). The van der Waals surface area contributed by atoms with Gasteiger partial charge in [0.25, 0.3) is 11.1 Å². The van der Waals surface area contributed by atoms with Crippen molar-refractivity contribution in [1.82, 2.24) is 24.9 Å². The van der Waals surface area contributed by atoms with Gasteiger partial charge in [-0.2, -0.15) is 0 Å². The monoisotopic (exact) mass is 307 g/mol. The molecule has 112 valence electrons. The van der Waals surface area contributed by atoms with E-state index in [0.717, 1.165) is 5.56 Å². The highest BCUT2D eigenvalue weighted by Crippen LogP contribution is 2.16. The van der Waals surface area contributed by atoms with Crippen LogP contribution < -0.4 is 16.8 Å². The van der Waals surface area contributed by atoms with Crippen molar-refractivity contribution in [3.05, 3.63) is 67.6 Å². The lowest BCUT2D eigenvalue weighted by Crippen LogP contribution is -2.23. The number of nitrogens with zero attached hydrogens (tertiary/aromatic N) is 2. The minimum absolute atomic E-state index is 0.0864. The third-order valence-corrected chi connectivity index (χ3v) is 3.45. The van der Waals surface area contributed by atoms with E-state index in [1.165, 1.54) is 6.07 Å². The van der Waals surface area contributed by atoms with E-state index in [1.54, 1.807) is 12.1 Å². The quantitative estimate of drug-likeness (QED) is 0.442. The molecule has 23 heavy (non-hydrogen) atoms. The molecule has 3 aromatic heterocycles. The highest BCUT2D eigenvalue weighted by atomic mass is 16.2. The van der Waals surface area contributed by atoms with Crippen molar-refractivity contribution < 1.29 is 0 Å². The van der Waals surface area contributed by atoms with Gasteiger partial charge in [-0.25, -0.2) is 14.8 Å². The smallest absolute Gasteiger partial charge is 0.306 e. The second-order valence-corrected chi connectivity index (χ2v) is 4.94. The molecular weight excluding hydrogens is 298 g/mol. The van der Waals surface area contributed by atoms with Gasteiger partial charge in [-0.3, -0.25) is 19.6 Å². The summed E-state index contributed by atoms with van der Waals surface area (Å²) in [7, 11) is 0. The fraction of sp³-hybridized carbons (Fsp3) is 0. The van der Waals surface area contributed by atoms with Gasteiger partial charge in [-0.1, -0.05) is 30.3 Å². The predicted molar refractivity (Wildman–Crippen MR) is 84.3 cm³/mol. The highest BCUT2D eigenvalue weighted by molar-refractivity contribution is 5.88. The van der Waals surface area contributed by atoms with Crippen molar-refractivity contribution >= 4 is 22.1 Å². The first kappa shape index (κ1) is 13.1. The predicted octanol–water partition coefficient (Wildman–Crippen LogP) is 0.515. The number of pyridine rings is 1. The lowest BCUT2D eigenvalue weighted by molar-refractivity contribution is 1.06. The molecule has 0 bridgehead atoms. The average Bonchev–Trinajstić information content (AvgIpc) is 2.54. The topological polar surface area (TPSA) is 124 Å². The Kier molecular flexibility index (Phi) is 2.70. The summed E-state index contributed by atoms with van der Waals surface area (Å²) in [6, 6.07) is 10.5. The van der Waals surface area contributed by atoms with E-state index in [0.29, 0.717) is 5.82 Å². The molecule has 0 unspecified atom stereocenters. The van der Waals surface area contributed by atoms with E-state index in [4.69, 9.17) is 0 Å². The third kappa shape index (κ3) is 2.13. The number of rotatable bonds is 1. The molecule has 8 nitrogen and oxygen atoms in total. The minimum atomic E-state index is -0.664. The van der Waals surface area contributed by atoms with Crippen LogP contribution in [0.1, 0.15) is 0 Å². The molecule has 0 atom stereocenters. The largest absolute Gasteiger partial charge is 0.327 e. The van der Waals surface area contributed by atoms with Crippen LogP contribution in [0.3, 0.4) is 0 Å². The molecule has 4 rings (SSSR count). The summed E-state index contributed by atoms with van der Waals surface area (Å²) in [4.78, 5) is 51.1. The SMILES string of the molecule is O=c1[nH]c(=O)c2cc3c(=O)[nH]c(-c4ccccc4)nc3nc2[nH]1. The number of hydrogen-bond donors (Lipinski definition) is 3. The van der Waals surface area contributed by atoms with Crippen LogP contribution in [0.5, 0.6) is 0 Å². The van der Waals surface area contributed by atoms with Gasteiger partial charge in [0, 0.05) is 5.56 Å². The Bertz CT molecular complexity index is 1220. The fourth-order valence-corrected chi connectivity index (χ4v) is 2.37. The number of aromatic nitrogens is 5. The van der Waals surface area contributed by atoms with Crippen LogP contribution in [-0.4, -0.2) is 24.9 Å².